The van der Waals surface area contributed by atoms with Gasteiger partial charge in [-0.1, -0.05) is 0 Å². The highest BCUT2D eigenvalue weighted by Gasteiger charge is 2.28. The first-order valence-corrected chi connectivity index (χ1v) is 24.6. The summed E-state index contributed by atoms with van der Waals surface area (Å²) in [5.74, 6) is -5.32. The van der Waals surface area contributed by atoms with Gasteiger partial charge in [0.05, 0.1) is 125 Å². The summed E-state index contributed by atoms with van der Waals surface area (Å²) in [6, 6.07) is -1.83. The first-order valence-electron chi connectivity index (χ1n) is 24.6. The monoisotopic (exact) mass is 1040 g/mol. The van der Waals surface area contributed by atoms with E-state index in [0.717, 1.165) is 0 Å². The average molecular weight is 1040 g/mol. The normalized spacial score (nSPS) is 15.5. The Bertz CT molecular complexity index is 1460. The number of aliphatic carboxylic acids is 4. The predicted octanol–water partition coefficient (Wildman–Crippen LogP) is -3.31. The number of unbranched alkanes of at least 4 members (excludes halogenated alkanes) is 1. The summed E-state index contributed by atoms with van der Waals surface area (Å²) in [6.45, 7) is 6.88. The van der Waals surface area contributed by atoms with Crippen LogP contribution in [0.2, 0.25) is 0 Å². The molecule has 418 valence electrons. The van der Waals surface area contributed by atoms with Gasteiger partial charge < -0.3 is 80.0 Å². The van der Waals surface area contributed by atoms with Crippen LogP contribution in [0.15, 0.2) is 0 Å². The maximum atomic E-state index is 12.7. The first kappa shape index (κ1) is 65.8. The summed E-state index contributed by atoms with van der Waals surface area (Å²) in [7, 11) is 1.62. The Kier molecular flexibility index (Phi) is 40.5. The Hall–Kier alpha value is -4.23. The van der Waals surface area contributed by atoms with Crippen LogP contribution in [0.25, 0.3) is 0 Å². The minimum atomic E-state index is -1.19. The van der Waals surface area contributed by atoms with Gasteiger partial charge in [0.25, 0.3) is 0 Å². The molecule has 27 nitrogen and oxygen atoms in total. The maximum Gasteiger partial charge on any atom is 0.320 e. The van der Waals surface area contributed by atoms with Crippen LogP contribution in [0, 0.1) is 0 Å². The molecule has 0 spiro atoms. The third kappa shape index (κ3) is 38.4. The molecule has 1 aliphatic heterocycles. The molecule has 2 atom stereocenters. The van der Waals surface area contributed by atoms with Crippen LogP contribution in [0.3, 0.4) is 0 Å². The van der Waals surface area contributed by atoms with Crippen molar-refractivity contribution in [2.24, 2.45) is 5.73 Å². The van der Waals surface area contributed by atoms with E-state index in [0.29, 0.717) is 91.9 Å². The van der Waals surface area contributed by atoms with Crippen LogP contribution >= 0.6 is 0 Å². The molecule has 0 bridgehead atoms. The summed E-state index contributed by atoms with van der Waals surface area (Å²) < 4.78 is 42.9. The van der Waals surface area contributed by atoms with Crippen molar-refractivity contribution >= 4 is 41.6 Å². The van der Waals surface area contributed by atoms with Crippen molar-refractivity contribution in [2.75, 3.05) is 198 Å². The molecule has 9 N–H and O–H groups in total. The molecule has 27 heteroatoms. The van der Waals surface area contributed by atoms with E-state index in [1.807, 2.05) is 0 Å². The number of nitrogens with two attached hydrogens (primary N) is 1. The molecular weight excluding hydrogens is 957 g/mol. The number of ether oxygens (including phenoxy) is 8. The second-order valence-corrected chi connectivity index (χ2v) is 16.6. The SMILES string of the molecule is COCCOCCOCCOCCOCCOCCC(=O)NCCCCC(N)C(=O)NCCOCCOCCNC(=O)CCC(C(=O)O)N1CCN(CC(=O)O)CCN(CC(=O)O)CCN(CC(=O)O)CC1. The second kappa shape index (κ2) is 44.3. The van der Waals surface area contributed by atoms with Gasteiger partial charge in [-0.15, -0.1) is 0 Å². The molecule has 0 aromatic heterocycles. The predicted molar refractivity (Wildman–Crippen MR) is 258 cm³/mol. The number of rotatable bonds is 44. The third-order valence-corrected chi connectivity index (χ3v) is 10.8. The van der Waals surface area contributed by atoms with Crippen molar-refractivity contribution in [3.05, 3.63) is 0 Å². The van der Waals surface area contributed by atoms with Gasteiger partial charge in [0, 0.05) is 91.9 Å². The molecule has 1 rings (SSSR count). The standard InChI is InChI=1S/C45H84N8O19/c1-65-22-23-69-28-29-71-32-33-72-31-30-70-27-24-66-19-7-40(55)47-8-3-2-4-37(46)44(62)49-10-21-68-26-25-67-20-9-48-39(54)6-5-38(45(63)64)53-17-15-51(35-42(58)59)13-11-50(34-41(56)57)12-14-52(16-18-53)36-43(60)61/h37-38H,2-36,46H2,1H3,(H,47,55)(H,48,54)(H,49,62)(H,56,57)(H,58,59)(H,60,61)(H,63,64). The van der Waals surface area contributed by atoms with E-state index >= 15 is 0 Å². The zero-order chi connectivity index (χ0) is 53.0. The Morgan fingerprint density at radius 3 is 1.26 bits per heavy atom. The van der Waals surface area contributed by atoms with Crippen LogP contribution < -0.4 is 21.7 Å². The van der Waals surface area contributed by atoms with E-state index in [4.69, 9.17) is 43.6 Å². The van der Waals surface area contributed by atoms with Crippen LogP contribution in [0.5, 0.6) is 0 Å². The van der Waals surface area contributed by atoms with E-state index < -0.39 is 41.9 Å². The fourth-order valence-electron chi connectivity index (χ4n) is 6.92. The highest BCUT2D eigenvalue weighted by Crippen LogP contribution is 2.11. The smallest absolute Gasteiger partial charge is 0.320 e. The van der Waals surface area contributed by atoms with E-state index in [1.54, 1.807) is 26.7 Å². The lowest BCUT2D eigenvalue weighted by atomic mass is 10.1. The Morgan fingerprint density at radius 2 is 0.833 bits per heavy atom. The summed E-state index contributed by atoms with van der Waals surface area (Å²) in [5.41, 5.74) is 6.01. The summed E-state index contributed by atoms with van der Waals surface area (Å²) >= 11 is 0. The van der Waals surface area contributed by atoms with E-state index in [-0.39, 0.29) is 149 Å². The lowest BCUT2D eigenvalue weighted by Crippen LogP contribution is -2.52. The quantitative estimate of drug-likeness (QED) is 0.0277. The molecule has 0 aromatic carbocycles. The van der Waals surface area contributed by atoms with Gasteiger partial charge in [-0.3, -0.25) is 53.2 Å². The number of amides is 3. The molecule has 2 unspecified atom stereocenters. The van der Waals surface area contributed by atoms with E-state index in [9.17, 15) is 54.0 Å². The van der Waals surface area contributed by atoms with Gasteiger partial charge in [0.1, 0.15) is 6.04 Å². The molecular formula is C45H84N8O19. The van der Waals surface area contributed by atoms with Gasteiger partial charge in [-0.2, -0.15) is 0 Å². The minimum absolute atomic E-state index is 0.0678. The summed E-state index contributed by atoms with van der Waals surface area (Å²) in [6.07, 6.45) is 1.77. The molecule has 1 saturated heterocycles. The molecule has 72 heavy (non-hydrogen) atoms. The van der Waals surface area contributed by atoms with Gasteiger partial charge in [-0.05, 0) is 25.7 Å². The molecule has 0 radical (unpaired) electrons. The molecule has 1 aliphatic rings. The Morgan fingerprint density at radius 1 is 0.458 bits per heavy atom. The van der Waals surface area contributed by atoms with Crippen LogP contribution in [-0.4, -0.2) is 292 Å². The molecule has 0 aromatic rings. The van der Waals surface area contributed by atoms with Crippen LogP contribution in [-0.2, 0) is 71.5 Å². The van der Waals surface area contributed by atoms with Crippen molar-refractivity contribution in [3.8, 4) is 0 Å². The van der Waals surface area contributed by atoms with Crippen molar-refractivity contribution < 1.29 is 91.9 Å². The van der Waals surface area contributed by atoms with Crippen molar-refractivity contribution in [3.63, 3.8) is 0 Å². The number of hydrogen-bond donors (Lipinski definition) is 8. The Labute approximate surface area is 422 Å². The van der Waals surface area contributed by atoms with Gasteiger partial charge >= 0.3 is 23.9 Å². The number of carbonyl (C=O) groups is 7. The molecule has 0 aliphatic carbocycles. The molecule has 1 heterocycles. The Balaban J connectivity index is 2.17. The number of carbonyl (C=O) groups excluding carboxylic acids is 3. The second-order valence-electron chi connectivity index (χ2n) is 16.6. The van der Waals surface area contributed by atoms with E-state index in [1.165, 1.54) is 0 Å². The van der Waals surface area contributed by atoms with Gasteiger partial charge in [0.2, 0.25) is 17.7 Å². The number of carboxylic acids is 4. The highest BCUT2D eigenvalue weighted by atomic mass is 16.6. The lowest BCUT2D eigenvalue weighted by molar-refractivity contribution is -0.145. The van der Waals surface area contributed by atoms with Crippen molar-refractivity contribution in [1.82, 2.24) is 35.6 Å². The minimum Gasteiger partial charge on any atom is -0.480 e. The van der Waals surface area contributed by atoms with Gasteiger partial charge in [-0.25, -0.2) is 0 Å². The zero-order valence-corrected chi connectivity index (χ0v) is 42.2. The van der Waals surface area contributed by atoms with Crippen LogP contribution in [0.4, 0.5) is 0 Å². The topological polar surface area (TPSA) is 349 Å². The zero-order valence-electron chi connectivity index (χ0n) is 42.2. The molecule has 0 saturated carbocycles. The number of methoxy groups -OCH3 is 1. The van der Waals surface area contributed by atoms with Crippen molar-refractivity contribution in [1.29, 1.82) is 0 Å². The number of nitrogens with one attached hydrogen (secondary N) is 3. The highest BCUT2D eigenvalue weighted by molar-refractivity contribution is 5.81. The summed E-state index contributed by atoms with van der Waals surface area (Å²) in [4.78, 5) is 90.6. The van der Waals surface area contributed by atoms with Crippen LogP contribution in [0.1, 0.15) is 38.5 Å². The number of hydrogen-bond acceptors (Lipinski definition) is 20. The molecule has 3 amide bonds. The summed E-state index contributed by atoms with van der Waals surface area (Å²) in [5, 5.41) is 46.7. The largest absolute Gasteiger partial charge is 0.480 e. The number of nitrogens with zero attached hydrogens (tertiary/aromatic N) is 4. The average Bonchev–Trinajstić information content (AvgIpc) is 3.32. The van der Waals surface area contributed by atoms with Crippen molar-refractivity contribution in [2.45, 2.75) is 50.6 Å². The lowest BCUT2D eigenvalue weighted by Gasteiger charge is -2.35. The fourth-order valence-corrected chi connectivity index (χ4v) is 6.92. The maximum absolute atomic E-state index is 12.7. The first-order chi connectivity index (χ1) is 34.7. The number of carboxylic acid groups (broad SMARTS) is 4. The molecule has 1 fully saturated rings. The fraction of sp³-hybridized carbons (Fsp3) is 0.844. The van der Waals surface area contributed by atoms with E-state index in [2.05, 4.69) is 16.0 Å². The van der Waals surface area contributed by atoms with Gasteiger partial charge in [0.15, 0.2) is 0 Å². The third-order valence-electron chi connectivity index (χ3n) is 10.8.